The van der Waals surface area contributed by atoms with Crippen molar-refractivity contribution in [1.29, 1.82) is 0 Å². The van der Waals surface area contributed by atoms with Gasteiger partial charge < -0.3 is 19.1 Å². The molecule has 0 atom stereocenters. The van der Waals surface area contributed by atoms with Gasteiger partial charge in [0.2, 0.25) is 5.91 Å². The van der Waals surface area contributed by atoms with Gasteiger partial charge in [0.25, 0.3) is 0 Å². The third kappa shape index (κ3) is 6.83. The number of ether oxygens (including phenoxy) is 1. The summed E-state index contributed by atoms with van der Waals surface area (Å²) in [6.07, 6.45) is 6.33. The topological polar surface area (TPSA) is 71.7 Å². The monoisotopic (exact) mass is 700 g/mol. The van der Waals surface area contributed by atoms with Crippen LogP contribution in [0.5, 0.6) is 5.75 Å². The number of amides is 1. The lowest BCUT2D eigenvalue weighted by Gasteiger charge is -2.53. The van der Waals surface area contributed by atoms with E-state index in [9.17, 15) is 18.0 Å². The average Bonchev–Trinajstić information content (AvgIpc) is 3.85. The zero-order valence-corrected chi connectivity index (χ0v) is 29.6. The van der Waals surface area contributed by atoms with E-state index in [4.69, 9.17) is 14.2 Å². The number of halogens is 3. The van der Waals surface area contributed by atoms with Crippen molar-refractivity contribution in [2.45, 2.75) is 103 Å². The highest BCUT2D eigenvalue weighted by atomic mass is 19.4. The molecule has 4 aliphatic rings. The molecule has 8 rings (SSSR count). The molecule has 1 aliphatic heterocycles. The van der Waals surface area contributed by atoms with Crippen LogP contribution in [0.15, 0.2) is 53.1 Å². The number of carbonyl (C=O) groups is 1. The highest BCUT2D eigenvalue weighted by molar-refractivity contribution is 5.89. The van der Waals surface area contributed by atoms with Crippen LogP contribution >= 0.6 is 0 Å². The molecule has 3 aliphatic carbocycles. The molecule has 0 bridgehead atoms. The van der Waals surface area contributed by atoms with Crippen molar-refractivity contribution in [3.8, 4) is 17.0 Å². The summed E-state index contributed by atoms with van der Waals surface area (Å²) >= 11 is 0. The number of carbonyl (C=O) groups excluding carboxylic acids is 1. The molecule has 10 heteroatoms. The van der Waals surface area contributed by atoms with Crippen LogP contribution in [-0.2, 0) is 23.8 Å². The standard InChI is InChI=1S/C41H47F3N4O3/c1-3-47(4-2)37(49)22-28-21-36(50-30-8-7-9-30)32-23-29(14-15-35(32)45-28)48-18-16-40(17-19-48)24-26(25-40)20-33-38(46-51-39(33)27-12-13-27)31-10-5-6-11-34(31)41(42,43)44/h5-6,10-11,14-15,21,23,26-27,30H,3-4,7-9,12-13,16-20,22,24-25H2,1-2H3. The Morgan fingerprint density at radius 2 is 1.76 bits per heavy atom. The van der Waals surface area contributed by atoms with Gasteiger partial charge in [-0.25, -0.2) is 0 Å². The van der Waals surface area contributed by atoms with Crippen molar-refractivity contribution in [2.24, 2.45) is 11.3 Å². The lowest BCUT2D eigenvalue weighted by Crippen LogP contribution is -2.47. The van der Waals surface area contributed by atoms with Crippen LogP contribution in [-0.4, -0.2) is 53.2 Å². The summed E-state index contributed by atoms with van der Waals surface area (Å²) in [5.41, 5.74) is 3.74. The predicted octanol–water partition coefficient (Wildman–Crippen LogP) is 9.37. The first-order valence-corrected chi connectivity index (χ1v) is 18.9. The zero-order valence-electron chi connectivity index (χ0n) is 29.6. The molecule has 0 unspecified atom stereocenters. The minimum Gasteiger partial charge on any atom is -0.490 e. The SMILES string of the molecule is CCN(CC)C(=O)Cc1cc(OC2CCC2)c2cc(N3CCC4(CC3)CC(Cc3c(-c5ccccc5C(F)(F)F)noc3C3CC3)C4)ccc2n1. The van der Waals surface area contributed by atoms with Gasteiger partial charge in [0, 0.05) is 60.4 Å². The summed E-state index contributed by atoms with van der Waals surface area (Å²) in [5.74, 6) is 2.38. The summed E-state index contributed by atoms with van der Waals surface area (Å²) in [6, 6.07) is 14.1. The second kappa shape index (κ2) is 13.5. The van der Waals surface area contributed by atoms with Gasteiger partial charge in [-0.15, -0.1) is 0 Å². The van der Waals surface area contributed by atoms with Gasteiger partial charge in [-0.1, -0.05) is 23.4 Å². The van der Waals surface area contributed by atoms with E-state index in [1.807, 2.05) is 24.8 Å². The van der Waals surface area contributed by atoms with Crippen molar-refractivity contribution in [3.63, 3.8) is 0 Å². The molecule has 0 radical (unpaired) electrons. The first kappa shape index (κ1) is 34.0. The van der Waals surface area contributed by atoms with Gasteiger partial charge in [0.05, 0.1) is 29.3 Å². The highest BCUT2D eigenvalue weighted by Gasteiger charge is 2.47. The fraction of sp³-hybridized carbons (Fsp3) is 0.537. The molecule has 3 saturated carbocycles. The summed E-state index contributed by atoms with van der Waals surface area (Å²) in [4.78, 5) is 22.1. The normalized spacial score (nSPS) is 19.3. The number of anilines is 1. The van der Waals surface area contributed by atoms with Gasteiger partial charge in [-0.05, 0) is 114 Å². The summed E-state index contributed by atoms with van der Waals surface area (Å²) in [6.45, 7) is 7.26. The van der Waals surface area contributed by atoms with Gasteiger partial charge in [-0.3, -0.25) is 9.78 Å². The molecule has 2 aromatic carbocycles. The number of pyridine rings is 1. The fourth-order valence-corrected chi connectivity index (χ4v) is 8.71. The second-order valence-corrected chi connectivity index (χ2v) is 15.4. The maximum atomic E-state index is 14.0. The van der Waals surface area contributed by atoms with E-state index in [-0.39, 0.29) is 35.3 Å². The molecule has 1 amide bonds. The van der Waals surface area contributed by atoms with Crippen molar-refractivity contribution < 1.29 is 27.2 Å². The van der Waals surface area contributed by atoms with Crippen LogP contribution in [0.1, 0.15) is 100 Å². The van der Waals surface area contributed by atoms with Gasteiger partial charge in [0.1, 0.15) is 17.2 Å². The van der Waals surface area contributed by atoms with Crippen molar-refractivity contribution >= 4 is 22.5 Å². The van der Waals surface area contributed by atoms with Crippen LogP contribution in [0, 0.1) is 11.3 Å². The molecular weight excluding hydrogens is 653 g/mol. The van der Waals surface area contributed by atoms with Gasteiger partial charge >= 0.3 is 6.18 Å². The molecule has 3 heterocycles. The van der Waals surface area contributed by atoms with Crippen LogP contribution < -0.4 is 9.64 Å². The number of likely N-dealkylation sites (N-methyl/N-ethyl adjacent to an activating group) is 1. The quantitative estimate of drug-likeness (QED) is 0.155. The molecule has 4 aromatic rings. The maximum absolute atomic E-state index is 14.0. The zero-order chi connectivity index (χ0) is 35.3. The summed E-state index contributed by atoms with van der Waals surface area (Å²) in [5, 5.41) is 5.24. The number of hydrogen-bond acceptors (Lipinski definition) is 6. The van der Waals surface area contributed by atoms with Crippen LogP contribution in [0.4, 0.5) is 18.9 Å². The van der Waals surface area contributed by atoms with Crippen LogP contribution in [0.3, 0.4) is 0 Å². The molecule has 1 spiro atoms. The Morgan fingerprint density at radius 3 is 2.43 bits per heavy atom. The number of hydrogen-bond donors (Lipinski definition) is 0. The number of alkyl halides is 3. The van der Waals surface area contributed by atoms with E-state index in [0.29, 0.717) is 31.1 Å². The molecule has 2 aromatic heterocycles. The lowest BCUT2D eigenvalue weighted by molar-refractivity contribution is -0.137. The first-order valence-electron chi connectivity index (χ1n) is 18.9. The van der Waals surface area contributed by atoms with E-state index < -0.39 is 11.7 Å². The Morgan fingerprint density at radius 1 is 1.02 bits per heavy atom. The number of piperidine rings is 1. The summed E-state index contributed by atoms with van der Waals surface area (Å²) < 4.78 is 54.1. The van der Waals surface area contributed by atoms with E-state index in [1.165, 1.54) is 18.6 Å². The Kier molecular flexibility index (Phi) is 8.99. The van der Waals surface area contributed by atoms with E-state index in [0.717, 1.165) is 110 Å². The van der Waals surface area contributed by atoms with E-state index in [2.05, 4.69) is 28.3 Å². The van der Waals surface area contributed by atoms with Gasteiger partial charge in [-0.2, -0.15) is 13.2 Å². The Balaban J connectivity index is 0.954. The van der Waals surface area contributed by atoms with Gasteiger partial charge in [0.15, 0.2) is 0 Å². The number of nitrogens with zero attached hydrogens (tertiary/aromatic N) is 4. The minimum atomic E-state index is -4.46. The molecule has 4 fully saturated rings. The number of fused-ring (bicyclic) bond motifs is 1. The third-order valence-electron chi connectivity index (χ3n) is 12.0. The maximum Gasteiger partial charge on any atom is 0.417 e. The predicted molar refractivity (Wildman–Crippen MR) is 191 cm³/mol. The van der Waals surface area contributed by atoms with Crippen LogP contribution in [0.2, 0.25) is 0 Å². The van der Waals surface area contributed by atoms with E-state index in [1.54, 1.807) is 6.07 Å². The Hall–Kier alpha value is -4.08. The Bertz CT molecular complexity index is 1890. The molecule has 7 nitrogen and oxygen atoms in total. The highest BCUT2D eigenvalue weighted by Crippen LogP contribution is 2.55. The molecular formula is C41H47F3N4O3. The second-order valence-electron chi connectivity index (χ2n) is 15.4. The fourth-order valence-electron chi connectivity index (χ4n) is 8.71. The van der Waals surface area contributed by atoms with Crippen LogP contribution in [0.25, 0.3) is 22.2 Å². The minimum absolute atomic E-state index is 0.0792. The van der Waals surface area contributed by atoms with Crippen molar-refractivity contribution in [2.75, 3.05) is 31.1 Å². The number of benzene rings is 2. The third-order valence-corrected chi connectivity index (χ3v) is 12.0. The molecule has 1 saturated heterocycles. The van der Waals surface area contributed by atoms with E-state index >= 15 is 0 Å². The summed E-state index contributed by atoms with van der Waals surface area (Å²) in [7, 11) is 0. The number of aromatic nitrogens is 2. The average molecular weight is 701 g/mol. The smallest absolute Gasteiger partial charge is 0.417 e. The van der Waals surface area contributed by atoms with Crippen molar-refractivity contribution in [3.05, 3.63) is 71.1 Å². The molecule has 270 valence electrons. The lowest BCUT2D eigenvalue weighted by atomic mass is 9.56. The largest absolute Gasteiger partial charge is 0.490 e. The molecule has 51 heavy (non-hydrogen) atoms. The Labute approximate surface area is 297 Å². The number of rotatable bonds is 11. The molecule has 0 N–H and O–H groups in total. The first-order chi connectivity index (χ1) is 24.6. The van der Waals surface area contributed by atoms with Crippen molar-refractivity contribution in [1.82, 2.24) is 15.0 Å².